The quantitative estimate of drug-likeness (QED) is 0.827. The van der Waals surface area contributed by atoms with E-state index >= 15 is 0 Å². The van der Waals surface area contributed by atoms with Crippen LogP contribution in [0.25, 0.3) is 0 Å². The van der Waals surface area contributed by atoms with Crippen LogP contribution in [0.5, 0.6) is 0 Å². The summed E-state index contributed by atoms with van der Waals surface area (Å²) < 4.78 is 0. The van der Waals surface area contributed by atoms with Crippen molar-refractivity contribution in [3.63, 3.8) is 0 Å². The summed E-state index contributed by atoms with van der Waals surface area (Å²) in [5.41, 5.74) is 4.52. The fraction of sp³-hybridized carbons (Fsp3) is 0.357. The molecule has 1 heterocycles. The maximum Gasteiger partial charge on any atom is 0.0638 e. The van der Waals surface area contributed by atoms with Crippen LogP contribution in [0.3, 0.4) is 0 Å². The predicted octanol–water partition coefficient (Wildman–Crippen LogP) is 3.67. The minimum Gasteiger partial charge on any atom is -0.312 e. The molecule has 3 nitrogen and oxygen atoms in total. The van der Waals surface area contributed by atoms with Crippen molar-refractivity contribution in [3.8, 4) is 0 Å². The van der Waals surface area contributed by atoms with Crippen LogP contribution in [-0.2, 0) is 13.0 Å². The van der Waals surface area contributed by atoms with Crippen LogP contribution < -0.4 is 5.32 Å². The zero-order valence-electron chi connectivity index (χ0n) is 11.1. The van der Waals surface area contributed by atoms with Crippen LogP contribution in [-0.4, -0.2) is 16.7 Å². The average Bonchev–Trinajstić information content (AvgIpc) is 2.68. The minimum absolute atomic E-state index is 0.673. The first-order valence-corrected chi connectivity index (χ1v) is 6.98. The van der Waals surface area contributed by atoms with Gasteiger partial charge in [-0.15, -0.1) is 0 Å². The standard InChI is InChI=1S/C14H17Cl2N3/c1-9-13(10(2)19-18-9)8-17-6-5-11-3-4-12(15)7-14(11)16/h3-4,7,17H,5-6,8H2,1-2H3,(H,18,19). The maximum atomic E-state index is 6.13. The number of aromatic nitrogens is 2. The Kier molecular flexibility index (Phi) is 4.86. The highest BCUT2D eigenvalue weighted by Crippen LogP contribution is 2.21. The number of nitrogens with zero attached hydrogens (tertiary/aromatic N) is 1. The average molecular weight is 298 g/mol. The second kappa shape index (κ2) is 6.42. The summed E-state index contributed by atoms with van der Waals surface area (Å²) in [6, 6.07) is 5.62. The van der Waals surface area contributed by atoms with Gasteiger partial charge in [-0.25, -0.2) is 0 Å². The molecule has 0 aliphatic rings. The summed E-state index contributed by atoms with van der Waals surface area (Å²) in [4.78, 5) is 0. The third kappa shape index (κ3) is 3.72. The number of aromatic amines is 1. The van der Waals surface area contributed by atoms with Crippen LogP contribution in [0.4, 0.5) is 0 Å². The fourth-order valence-electron chi connectivity index (χ4n) is 2.00. The SMILES string of the molecule is Cc1n[nH]c(C)c1CNCCc1ccc(Cl)cc1Cl. The Morgan fingerprint density at radius 3 is 2.68 bits per heavy atom. The summed E-state index contributed by atoms with van der Waals surface area (Å²) in [5.74, 6) is 0. The molecule has 0 unspecified atom stereocenters. The van der Waals surface area contributed by atoms with E-state index in [2.05, 4.69) is 15.5 Å². The summed E-state index contributed by atoms with van der Waals surface area (Å²) in [6.07, 6.45) is 0.881. The van der Waals surface area contributed by atoms with Crippen LogP contribution in [0.1, 0.15) is 22.5 Å². The Labute approximate surface area is 123 Å². The lowest BCUT2D eigenvalue weighted by Gasteiger charge is -2.07. The normalized spacial score (nSPS) is 10.9. The van der Waals surface area contributed by atoms with E-state index in [-0.39, 0.29) is 0 Å². The number of hydrogen-bond donors (Lipinski definition) is 2. The van der Waals surface area contributed by atoms with E-state index in [1.165, 1.54) is 5.56 Å². The van der Waals surface area contributed by atoms with Gasteiger partial charge in [-0.2, -0.15) is 5.10 Å². The molecule has 102 valence electrons. The summed E-state index contributed by atoms with van der Waals surface area (Å²) in [7, 11) is 0. The van der Waals surface area contributed by atoms with E-state index in [9.17, 15) is 0 Å². The van der Waals surface area contributed by atoms with Crippen molar-refractivity contribution in [2.75, 3.05) is 6.54 Å². The predicted molar refractivity (Wildman–Crippen MR) is 79.9 cm³/mol. The molecule has 0 saturated carbocycles. The summed E-state index contributed by atoms with van der Waals surface area (Å²) in [6.45, 7) is 5.73. The summed E-state index contributed by atoms with van der Waals surface area (Å²) in [5, 5.41) is 12.0. The zero-order chi connectivity index (χ0) is 13.8. The Hall–Kier alpha value is -1.03. The first-order valence-electron chi connectivity index (χ1n) is 6.23. The Bertz CT molecular complexity index is 544. The topological polar surface area (TPSA) is 40.7 Å². The van der Waals surface area contributed by atoms with Gasteiger partial charge in [-0.05, 0) is 44.5 Å². The number of hydrogen-bond acceptors (Lipinski definition) is 2. The zero-order valence-corrected chi connectivity index (χ0v) is 12.6. The Morgan fingerprint density at radius 2 is 2.05 bits per heavy atom. The fourth-order valence-corrected chi connectivity index (χ4v) is 2.50. The van der Waals surface area contributed by atoms with Gasteiger partial charge in [0.1, 0.15) is 0 Å². The molecule has 0 fully saturated rings. The molecule has 1 aromatic heterocycles. The van der Waals surface area contributed by atoms with Crippen LogP contribution in [0.2, 0.25) is 10.0 Å². The van der Waals surface area contributed by atoms with Crippen molar-refractivity contribution in [3.05, 3.63) is 50.8 Å². The molecule has 0 atom stereocenters. The highest BCUT2D eigenvalue weighted by atomic mass is 35.5. The van der Waals surface area contributed by atoms with Crippen molar-refractivity contribution < 1.29 is 0 Å². The van der Waals surface area contributed by atoms with Gasteiger partial charge in [0, 0.05) is 27.8 Å². The summed E-state index contributed by atoms with van der Waals surface area (Å²) >= 11 is 12.0. The van der Waals surface area contributed by atoms with Gasteiger partial charge in [-0.1, -0.05) is 29.3 Å². The van der Waals surface area contributed by atoms with Crippen molar-refractivity contribution in [1.82, 2.24) is 15.5 Å². The van der Waals surface area contributed by atoms with Crippen LogP contribution >= 0.6 is 23.2 Å². The van der Waals surface area contributed by atoms with Crippen molar-refractivity contribution in [1.29, 1.82) is 0 Å². The number of benzene rings is 1. The molecule has 1 aromatic carbocycles. The molecule has 0 amide bonds. The van der Waals surface area contributed by atoms with E-state index in [4.69, 9.17) is 23.2 Å². The number of nitrogens with one attached hydrogen (secondary N) is 2. The van der Waals surface area contributed by atoms with Crippen molar-refractivity contribution >= 4 is 23.2 Å². The lowest BCUT2D eigenvalue weighted by Crippen LogP contribution is -2.17. The van der Waals surface area contributed by atoms with Gasteiger partial charge < -0.3 is 5.32 Å². The lowest BCUT2D eigenvalue weighted by molar-refractivity contribution is 0.682. The molecule has 0 aliphatic heterocycles. The Morgan fingerprint density at radius 1 is 1.26 bits per heavy atom. The number of H-pyrrole nitrogens is 1. The smallest absolute Gasteiger partial charge is 0.0638 e. The Balaban J connectivity index is 1.84. The van der Waals surface area contributed by atoms with Gasteiger partial charge >= 0.3 is 0 Å². The molecular weight excluding hydrogens is 281 g/mol. The number of rotatable bonds is 5. The minimum atomic E-state index is 0.673. The molecule has 19 heavy (non-hydrogen) atoms. The third-order valence-corrected chi connectivity index (χ3v) is 3.76. The molecule has 5 heteroatoms. The molecule has 2 aromatic rings. The van der Waals surface area contributed by atoms with E-state index < -0.39 is 0 Å². The van der Waals surface area contributed by atoms with Gasteiger partial charge in [0.15, 0.2) is 0 Å². The van der Waals surface area contributed by atoms with E-state index in [1.807, 2.05) is 26.0 Å². The lowest BCUT2D eigenvalue weighted by atomic mass is 10.1. The first-order chi connectivity index (χ1) is 9.08. The molecular formula is C14H17Cl2N3. The molecule has 0 radical (unpaired) electrons. The molecule has 0 aliphatic carbocycles. The second-order valence-electron chi connectivity index (χ2n) is 4.58. The van der Waals surface area contributed by atoms with Crippen molar-refractivity contribution in [2.45, 2.75) is 26.8 Å². The van der Waals surface area contributed by atoms with E-state index in [0.29, 0.717) is 5.02 Å². The van der Waals surface area contributed by atoms with E-state index in [0.717, 1.165) is 41.5 Å². The first kappa shape index (κ1) is 14.4. The monoisotopic (exact) mass is 297 g/mol. The molecule has 0 spiro atoms. The van der Waals surface area contributed by atoms with Gasteiger partial charge in [0.05, 0.1) is 5.69 Å². The van der Waals surface area contributed by atoms with Crippen molar-refractivity contribution in [2.24, 2.45) is 0 Å². The largest absolute Gasteiger partial charge is 0.312 e. The van der Waals surface area contributed by atoms with Crippen LogP contribution in [0.15, 0.2) is 18.2 Å². The molecule has 0 bridgehead atoms. The number of aryl methyl sites for hydroxylation is 2. The highest BCUT2D eigenvalue weighted by Gasteiger charge is 2.05. The van der Waals surface area contributed by atoms with Gasteiger partial charge in [-0.3, -0.25) is 5.10 Å². The van der Waals surface area contributed by atoms with Crippen LogP contribution in [0, 0.1) is 13.8 Å². The molecule has 2 rings (SSSR count). The maximum absolute atomic E-state index is 6.13. The van der Waals surface area contributed by atoms with Gasteiger partial charge in [0.25, 0.3) is 0 Å². The molecule has 0 saturated heterocycles. The van der Waals surface area contributed by atoms with Gasteiger partial charge in [0.2, 0.25) is 0 Å². The number of halogens is 2. The molecule has 2 N–H and O–H groups in total. The third-order valence-electron chi connectivity index (χ3n) is 3.17. The second-order valence-corrected chi connectivity index (χ2v) is 5.42. The van der Waals surface area contributed by atoms with E-state index in [1.54, 1.807) is 6.07 Å². The highest BCUT2D eigenvalue weighted by molar-refractivity contribution is 6.35.